The fraction of sp³-hybridized carbons (Fsp3) is 0.414. The van der Waals surface area contributed by atoms with E-state index in [0.717, 1.165) is 17.5 Å². The van der Waals surface area contributed by atoms with Crippen LogP contribution in [-0.2, 0) is 22.7 Å². The van der Waals surface area contributed by atoms with Crippen molar-refractivity contribution in [1.82, 2.24) is 24.8 Å². The fourth-order valence-corrected chi connectivity index (χ4v) is 7.14. The smallest absolute Gasteiger partial charge is 0.244 e. The number of aromatic nitrogens is 3. The summed E-state index contributed by atoms with van der Waals surface area (Å²) in [5.41, 5.74) is 7.41. The third-order valence-corrected chi connectivity index (χ3v) is 10.0. The molecule has 1 aromatic carbocycles. The van der Waals surface area contributed by atoms with E-state index < -0.39 is 17.7 Å². The van der Waals surface area contributed by atoms with Gasteiger partial charge < -0.3 is 30.5 Å². The van der Waals surface area contributed by atoms with Crippen LogP contribution in [-0.4, -0.2) is 83.0 Å². The first kappa shape index (κ1) is 27.6. The number of ether oxygens (including phenoxy) is 1. The van der Waals surface area contributed by atoms with Gasteiger partial charge in [-0.3, -0.25) is 9.78 Å². The van der Waals surface area contributed by atoms with Crippen LogP contribution in [0.15, 0.2) is 6.20 Å². The van der Waals surface area contributed by atoms with Gasteiger partial charge in [0.05, 0.1) is 46.3 Å². The Morgan fingerprint density at radius 3 is 2.65 bits per heavy atom. The molecule has 0 unspecified atom stereocenters. The number of nitriles is 1. The molecule has 0 bridgehead atoms. The second-order valence-electron chi connectivity index (χ2n) is 11.8. The predicted octanol–water partition coefficient (Wildman–Crippen LogP) is 3.45. The monoisotopic (exact) mass is 605 g/mol. The molecule has 2 saturated heterocycles. The number of hydrogen-bond donors (Lipinski definition) is 2. The Bertz CT molecular complexity index is 1900. The molecule has 3 aliphatic rings. The third kappa shape index (κ3) is 4.02. The number of carbonyl (C=O) groups excluding carboxylic acids is 1. The number of benzene rings is 1. The fourth-order valence-electron chi connectivity index (χ4n) is 6.22. The molecule has 6 heterocycles. The van der Waals surface area contributed by atoms with Crippen LogP contribution >= 0.6 is 11.3 Å². The molecule has 2 fully saturated rings. The molecule has 1 amide bonds. The first-order valence-electron chi connectivity index (χ1n) is 13.9. The molecule has 0 saturated carbocycles. The first-order chi connectivity index (χ1) is 20.5. The van der Waals surface area contributed by atoms with Crippen molar-refractivity contribution < 1.29 is 18.3 Å². The highest BCUT2D eigenvalue weighted by atomic mass is 32.1. The number of halogens is 2. The van der Waals surface area contributed by atoms with Crippen LogP contribution < -0.4 is 16.0 Å². The summed E-state index contributed by atoms with van der Waals surface area (Å²) in [6, 6.07) is 1.51. The zero-order valence-corrected chi connectivity index (χ0v) is 24.9. The Kier molecular flexibility index (Phi) is 6.21. The van der Waals surface area contributed by atoms with E-state index in [-0.39, 0.29) is 62.1 Å². The summed E-state index contributed by atoms with van der Waals surface area (Å²) in [5.74, 6) is -0.721. The van der Waals surface area contributed by atoms with Gasteiger partial charge in [0, 0.05) is 37.6 Å². The molecule has 1 atom stereocenters. The number of amides is 1. The first-order valence-corrected chi connectivity index (χ1v) is 14.7. The Morgan fingerprint density at radius 2 is 1.98 bits per heavy atom. The lowest BCUT2D eigenvalue weighted by Crippen LogP contribution is -2.67. The molecule has 7 rings (SSSR count). The maximum atomic E-state index is 17.0. The lowest BCUT2D eigenvalue weighted by Gasteiger charge is -2.51. The second-order valence-corrected chi connectivity index (χ2v) is 12.9. The zero-order valence-electron chi connectivity index (χ0n) is 24.1. The lowest BCUT2D eigenvalue weighted by atomic mass is 9.91. The number of thiophene rings is 1. The van der Waals surface area contributed by atoms with E-state index >= 15 is 4.39 Å². The Balaban J connectivity index is 1.49. The summed E-state index contributed by atoms with van der Waals surface area (Å²) in [4.78, 5) is 32.5. The maximum Gasteiger partial charge on any atom is 0.244 e. The molecule has 11 nitrogen and oxygen atoms in total. The van der Waals surface area contributed by atoms with Crippen LogP contribution in [0.4, 0.5) is 25.5 Å². The molecular formula is C29H29F2N9O2S. The van der Waals surface area contributed by atoms with Gasteiger partial charge >= 0.3 is 0 Å². The van der Waals surface area contributed by atoms with Crippen LogP contribution in [0, 0.1) is 23.0 Å². The van der Waals surface area contributed by atoms with Crippen molar-refractivity contribution in [3.8, 4) is 17.3 Å². The standard InChI is InChI=1S/C29H29F2N9O2S/c1-29(38(2)3)11-40(12-29)28-36-23-20(26(37-28)35-17-5-6-39(4)27(17)41)15-10-42-9-14(15)18(21(23)31)22-19-13(7-32)25(33)43-24(19)16(30)8-34-22/h8,17H,5-6,9-12,33H2,1-4H3,(H,35,36,37)/t17-/m1/s1. The molecule has 3 aliphatic heterocycles. The number of likely N-dealkylation sites (N-methyl/N-ethyl adjacent to an activating group) is 2. The number of nitrogens with zero attached hydrogens (tertiary/aromatic N) is 7. The number of nitrogen functional groups attached to an aromatic ring is 1. The largest absolute Gasteiger partial charge is 0.389 e. The van der Waals surface area contributed by atoms with E-state index in [1.54, 1.807) is 11.9 Å². The van der Waals surface area contributed by atoms with Gasteiger partial charge in [-0.2, -0.15) is 10.2 Å². The lowest BCUT2D eigenvalue weighted by molar-refractivity contribution is -0.127. The van der Waals surface area contributed by atoms with Gasteiger partial charge in [-0.1, -0.05) is 0 Å². The maximum absolute atomic E-state index is 17.0. The van der Waals surface area contributed by atoms with Gasteiger partial charge in [0.2, 0.25) is 11.9 Å². The highest BCUT2D eigenvalue weighted by Crippen LogP contribution is 2.46. The number of hydrogen-bond acceptors (Lipinski definition) is 11. The van der Waals surface area contributed by atoms with E-state index in [2.05, 4.69) is 22.1 Å². The van der Waals surface area contributed by atoms with Gasteiger partial charge in [-0.25, -0.2) is 13.8 Å². The van der Waals surface area contributed by atoms with Crippen molar-refractivity contribution in [1.29, 1.82) is 5.26 Å². The molecule has 0 spiro atoms. The molecule has 0 aliphatic carbocycles. The van der Waals surface area contributed by atoms with Gasteiger partial charge in [0.1, 0.15) is 28.4 Å². The van der Waals surface area contributed by atoms with Crippen molar-refractivity contribution >= 4 is 55.0 Å². The topological polar surface area (TPSA) is 137 Å². The van der Waals surface area contributed by atoms with Crippen LogP contribution in [0.1, 0.15) is 30.0 Å². The number of anilines is 3. The molecule has 222 valence electrons. The molecule has 3 aromatic heterocycles. The normalized spacial score (nSPS) is 19.4. The zero-order chi connectivity index (χ0) is 30.4. The van der Waals surface area contributed by atoms with Gasteiger partial charge in [-0.15, -0.1) is 11.3 Å². The number of likely N-dealkylation sites (tertiary alicyclic amines) is 1. The molecular weight excluding hydrogens is 576 g/mol. The Labute approximate surface area is 249 Å². The van der Waals surface area contributed by atoms with Crippen LogP contribution in [0.5, 0.6) is 0 Å². The second kappa shape index (κ2) is 9.66. The predicted molar refractivity (Wildman–Crippen MR) is 160 cm³/mol. The third-order valence-electron chi connectivity index (χ3n) is 8.99. The summed E-state index contributed by atoms with van der Waals surface area (Å²) < 4.78 is 37.8. The van der Waals surface area contributed by atoms with E-state index in [0.29, 0.717) is 54.3 Å². The summed E-state index contributed by atoms with van der Waals surface area (Å²) in [6.07, 6.45) is 1.59. The number of nitrogens with two attached hydrogens (primary N) is 1. The summed E-state index contributed by atoms with van der Waals surface area (Å²) in [5, 5.41) is 13.9. The highest BCUT2D eigenvalue weighted by Gasteiger charge is 2.43. The number of nitrogens with one attached hydrogen (secondary N) is 1. The van der Waals surface area contributed by atoms with Crippen LogP contribution in [0.25, 0.3) is 32.2 Å². The molecule has 3 N–H and O–H groups in total. The van der Waals surface area contributed by atoms with Crippen molar-refractivity contribution in [3.05, 3.63) is 34.5 Å². The number of fused-ring (bicyclic) bond motifs is 4. The molecule has 14 heteroatoms. The van der Waals surface area contributed by atoms with Gasteiger partial charge in [0.25, 0.3) is 0 Å². The van der Waals surface area contributed by atoms with Crippen LogP contribution in [0.2, 0.25) is 0 Å². The van der Waals surface area contributed by atoms with Crippen molar-refractivity contribution in [2.75, 3.05) is 56.7 Å². The van der Waals surface area contributed by atoms with E-state index in [1.165, 1.54) is 0 Å². The molecule has 43 heavy (non-hydrogen) atoms. The summed E-state index contributed by atoms with van der Waals surface area (Å²) >= 11 is 0.925. The van der Waals surface area contributed by atoms with E-state index in [1.807, 2.05) is 25.1 Å². The Hall–Kier alpha value is -4.19. The Morgan fingerprint density at radius 1 is 1.23 bits per heavy atom. The highest BCUT2D eigenvalue weighted by molar-refractivity contribution is 7.23. The van der Waals surface area contributed by atoms with Crippen molar-refractivity contribution in [2.24, 2.45) is 0 Å². The van der Waals surface area contributed by atoms with Gasteiger partial charge in [-0.05, 0) is 38.6 Å². The minimum atomic E-state index is -0.689. The minimum Gasteiger partial charge on any atom is -0.389 e. The number of pyridine rings is 1. The number of carbonyl (C=O) groups is 1. The summed E-state index contributed by atoms with van der Waals surface area (Å²) in [7, 11) is 5.76. The molecule has 0 radical (unpaired) electrons. The van der Waals surface area contributed by atoms with Crippen molar-refractivity contribution in [3.63, 3.8) is 0 Å². The average molecular weight is 606 g/mol. The molecule has 4 aromatic rings. The average Bonchev–Trinajstić information content (AvgIpc) is 3.66. The van der Waals surface area contributed by atoms with E-state index in [4.69, 9.17) is 20.4 Å². The van der Waals surface area contributed by atoms with Crippen molar-refractivity contribution in [2.45, 2.75) is 38.1 Å². The van der Waals surface area contributed by atoms with Crippen LogP contribution in [0.3, 0.4) is 0 Å². The quantitative estimate of drug-likeness (QED) is 0.348. The van der Waals surface area contributed by atoms with Gasteiger partial charge in [0.15, 0.2) is 11.6 Å². The summed E-state index contributed by atoms with van der Waals surface area (Å²) in [6.45, 7) is 4.19. The SMILES string of the molecule is CN1CC[C@@H](Nc2nc(N3CC(C)(N(C)C)C3)nc3c(F)c(-c4ncc(F)c5sc(N)c(C#N)c45)c4c(c23)COC4)C1=O. The number of rotatable bonds is 5. The van der Waals surface area contributed by atoms with E-state index in [9.17, 15) is 14.4 Å². The minimum absolute atomic E-state index is 0.0324.